The van der Waals surface area contributed by atoms with Gasteiger partial charge in [-0.25, -0.2) is 9.78 Å². The summed E-state index contributed by atoms with van der Waals surface area (Å²) in [4.78, 5) is 34.1. The second-order valence-electron chi connectivity index (χ2n) is 6.15. The van der Waals surface area contributed by atoms with Crippen LogP contribution in [0.25, 0.3) is 0 Å². The number of rotatable bonds is 7. The first-order valence-corrected chi connectivity index (χ1v) is 9.17. The van der Waals surface area contributed by atoms with Gasteiger partial charge < -0.3 is 19.9 Å². The molecule has 1 rings (SSSR count). The predicted molar refractivity (Wildman–Crippen MR) is 100 cm³/mol. The number of halogens is 1. The Hall–Kier alpha value is -1.32. The molecule has 0 aliphatic rings. The number of methoxy groups -OCH3 is 1. The third-order valence-electron chi connectivity index (χ3n) is 4.09. The second-order valence-corrected chi connectivity index (χ2v) is 7.31. The van der Waals surface area contributed by atoms with Crippen LogP contribution in [0.4, 0.5) is 4.79 Å². The van der Waals surface area contributed by atoms with Crippen LogP contribution in [-0.4, -0.2) is 46.1 Å². The van der Waals surface area contributed by atoms with Crippen LogP contribution >= 0.6 is 22.6 Å². The van der Waals surface area contributed by atoms with E-state index in [9.17, 15) is 9.59 Å². The molecule has 0 bridgehead atoms. The average molecular weight is 450 g/mol. The highest BCUT2D eigenvalue weighted by molar-refractivity contribution is 14.1. The number of imidazole rings is 1. The van der Waals surface area contributed by atoms with E-state index in [1.807, 2.05) is 34.6 Å². The molecule has 24 heavy (non-hydrogen) atoms. The zero-order chi connectivity index (χ0) is 18.4. The number of aromatic nitrogens is 2. The molecule has 2 N–H and O–H groups in total. The Balaban J connectivity index is 3.12. The van der Waals surface area contributed by atoms with Gasteiger partial charge in [0.25, 0.3) is 0 Å². The summed E-state index contributed by atoms with van der Waals surface area (Å²) >= 11 is 2.15. The maximum Gasteiger partial charge on any atom is 0.407 e. The number of hydrogen-bond donors (Lipinski definition) is 2. The highest BCUT2D eigenvalue weighted by Gasteiger charge is 2.35. The fourth-order valence-corrected chi connectivity index (χ4v) is 2.92. The number of hydrogen-bond acceptors (Lipinski definition) is 4. The molecule has 2 amide bonds. The number of alkyl carbamates (subject to hydrolysis) is 1. The van der Waals surface area contributed by atoms with Crippen LogP contribution in [0.3, 0.4) is 0 Å². The number of nitrogens with one attached hydrogen (secondary N) is 2. The molecule has 7 nitrogen and oxygen atoms in total. The highest BCUT2D eigenvalue weighted by atomic mass is 127. The molecule has 8 heteroatoms. The van der Waals surface area contributed by atoms with Crippen LogP contribution < -0.4 is 5.32 Å². The van der Waals surface area contributed by atoms with Crippen molar-refractivity contribution in [2.45, 2.75) is 59.2 Å². The smallest absolute Gasteiger partial charge is 0.407 e. The van der Waals surface area contributed by atoms with E-state index in [2.05, 4.69) is 42.6 Å². The van der Waals surface area contributed by atoms with Crippen molar-refractivity contribution < 1.29 is 14.3 Å². The average Bonchev–Trinajstić information content (AvgIpc) is 2.98. The van der Waals surface area contributed by atoms with Gasteiger partial charge in [0.1, 0.15) is 11.9 Å². The Labute approximate surface area is 157 Å². The van der Waals surface area contributed by atoms with E-state index < -0.39 is 12.1 Å². The summed E-state index contributed by atoms with van der Waals surface area (Å²) in [5.41, 5.74) is 0. The maximum atomic E-state index is 13.2. The number of nitrogens with zero attached hydrogens (tertiary/aromatic N) is 2. The standard InChI is InChI=1S/C16H27IN4O3/c1-7-10(4)21(11(5)14-18-8-12(17)19-14)15(22)13(9(2)3)20-16(23)24-6/h8-11,13H,7H2,1-6H3,(H,18,19)(H,20,23)/t10-,11?,13-/m0/s1. The lowest BCUT2D eigenvalue weighted by Crippen LogP contribution is -2.54. The van der Waals surface area contributed by atoms with E-state index >= 15 is 0 Å². The summed E-state index contributed by atoms with van der Waals surface area (Å²) in [6.45, 7) is 9.76. The van der Waals surface area contributed by atoms with E-state index in [4.69, 9.17) is 0 Å². The number of H-pyrrole nitrogens is 1. The van der Waals surface area contributed by atoms with Gasteiger partial charge in [-0.2, -0.15) is 0 Å². The molecule has 1 aromatic rings. The van der Waals surface area contributed by atoms with Gasteiger partial charge in [0.15, 0.2) is 0 Å². The second kappa shape index (κ2) is 9.24. The van der Waals surface area contributed by atoms with Gasteiger partial charge in [-0.15, -0.1) is 0 Å². The minimum absolute atomic E-state index is 0.0101. The Morgan fingerprint density at radius 2 is 2.00 bits per heavy atom. The van der Waals surface area contributed by atoms with Gasteiger partial charge in [0, 0.05) is 6.04 Å². The molecule has 1 aromatic heterocycles. The topological polar surface area (TPSA) is 87.3 Å². The quantitative estimate of drug-likeness (QED) is 0.626. The molecule has 1 unspecified atom stereocenters. The molecule has 0 spiro atoms. The summed E-state index contributed by atoms with van der Waals surface area (Å²) in [6.07, 6.45) is 1.93. The lowest BCUT2D eigenvalue weighted by atomic mass is 10.0. The van der Waals surface area contributed by atoms with Crippen molar-refractivity contribution in [3.8, 4) is 0 Å². The van der Waals surface area contributed by atoms with Crippen LogP contribution in [0.1, 0.15) is 52.9 Å². The fraction of sp³-hybridized carbons (Fsp3) is 0.688. The van der Waals surface area contributed by atoms with Crippen molar-refractivity contribution >= 4 is 34.6 Å². The zero-order valence-corrected chi connectivity index (χ0v) is 17.2. The lowest BCUT2D eigenvalue weighted by Gasteiger charge is -2.37. The Morgan fingerprint density at radius 3 is 2.42 bits per heavy atom. The highest BCUT2D eigenvalue weighted by Crippen LogP contribution is 2.24. The first kappa shape index (κ1) is 20.7. The van der Waals surface area contributed by atoms with Gasteiger partial charge in [0.05, 0.1) is 23.0 Å². The SMILES string of the molecule is CC[C@H](C)N(C(=O)[C@@H](NC(=O)OC)C(C)C)C(C)c1ncc(I)[nH]1. The summed E-state index contributed by atoms with van der Waals surface area (Å²) < 4.78 is 5.57. The van der Waals surface area contributed by atoms with Crippen molar-refractivity contribution in [2.75, 3.05) is 7.11 Å². The molecule has 0 saturated heterocycles. The van der Waals surface area contributed by atoms with Crippen LogP contribution in [0.15, 0.2) is 6.20 Å². The summed E-state index contributed by atoms with van der Waals surface area (Å²) in [5.74, 6) is 0.532. The molecule has 1 heterocycles. The van der Waals surface area contributed by atoms with Gasteiger partial charge in [-0.05, 0) is 48.8 Å². The van der Waals surface area contributed by atoms with Crippen LogP contribution in [0.5, 0.6) is 0 Å². The molecule has 136 valence electrons. The molecule has 3 atom stereocenters. The molecule has 0 saturated carbocycles. The van der Waals surface area contributed by atoms with Gasteiger partial charge in [-0.1, -0.05) is 20.8 Å². The van der Waals surface area contributed by atoms with Gasteiger partial charge in [0.2, 0.25) is 5.91 Å². The summed E-state index contributed by atoms with van der Waals surface area (Å²) in [6, 6.07) is -0.865. The van der Waals surface area contributed by atoms with Crippen molar-refractivity contribution in [1.29, 1.82) is 0 Å². The molecule has 0 radical (unpaired) electrons. The van der Waals surface area contributed by atoms with Crippen molar-refractivity contribution in [3.05, 3.63) is 15.7 Å². The van der Waals surface area contributed by atoms with E-state index in [1.54, 1.807) is 11.1 Å². The molecule has 0 aromatic carbocycles. The Morgan fingerprint density at radius 1 is 1.38 bits per heavy atom. The number of carbonyl (C=O) groups is 2. The minimum Gasteiger partial charge on any atom is -0.453 e. The maximum absolute atomic E-state index is 13.2. The van der Waals surface area contributed by atoms with Crippen LogP contribution in [-0.2, 0) is 9.53 Å². The number of amides is 2. The molecular weight excluding hydrogens is 423 g/mol. The molecule has 0 aliphatic carbocycles. The number of ether oxygens (including phenoxy) is 1. The lowest BCUT2D eigenvalue weighted by molar-refractivity contribution is -0.139. The van der Waals surface area contributed by atoms with Crippen LogP contribution in [0, 0.1) is 9.62 Å². The number of carbonyl (C=O) groups excluding carboxylic acids is 2. The monoisotopic (exact) mass is 450 g/mol. The van der Waals surface area contributed by atoms with E-state index in [0.717, 1.165) is 15.9 Å². The summed E-state index contributed by atoms with van der Waals surface area (Å²) in [5, 5.41) is 2.65. The van der Waals surface area contributed by atoms with Crippen molar-refractivity contribution in [1.82, 2.24) is 20.2 Å². The normalized spacial score (nSPS) is 14.8. The van der Waals surface area contributed by atoms with Gasteiger partial charge in [-0.3, -0.25) is 4.79 Å². The zero-order valence-electron chi connectivity index (χ0n) is 15.1. The number of aromatic amines is 1. The fourth-order valence-electron chi connectivity index (χ4n) is 2.50. The third kappa shape index (κ3) is 5.09. The molecule has 0 aliphatic heterocycles. The first-order valence-electron chi connectivity index (χ1n) is 8.09. The predicted octanol–water partition coefficient (Wildman–Crippen LogP) is 3.08. The van der Waals surface area contributed by atoms with Crippen molar-refractivity contribution in [3.63, 3.8) is 0 Å². The van der Waals surface area contributed by atoms with E-state index in [1.165, 1.54) is 7.11 Å². The minimum atomic E-state index is -0.650. The van der Waals surface area contributed by atoms with E-state index in [-0.39, 0.29) is 23.9 Å². The van der Waals surface area contributed by atoms with Crippen LogP contribution in [0.2, 0.25) is 0 Å². The largest absolute Gasteiger partial charge is 0.453 e. The first-order chi connectivity index (χ1) is 11.2. The Bertz CT molecular complexity index is 561. The third-order valence-corrected chi connectivity index (χ3v) is 4.64. The van der Waals surface area contributed by atoms with Crippen molar-refractivity contribution in [2.24, 2.45) is 5.92 Å². The Kier molecular flexibility index (Phi) is 7.98. The van der Waals surface area contributed by atoms with E-state index in [0.29, 0.717) is 0 Å². The summed E-state index contributed by atoms with van der Waals surface area (Å²) in [7, 11) is 1.29. The molecule has 0 fully saturated rings. The van der Waals surface area contributed by atoms with Gasteiger partial charge >= 0.3 is 6.09 Å². The molecular formula is C16H27IN4O3.